The van der Waals surface area contributed by atoms with Crippen molar-refractivity contribution in [2.45, 2.75) is 32.7 Å². The summed E-state index contributed by atoms with van der Waals surface area (Å²) in [4.78, 5) is 23.5. The number of amides is 2. The van der Waals surface area contributed by atoms with Crippen LogP contribution in [0.25, 0.3) is 0 Å². The molecular weight excluding hydrogens is 302 g/mol. The zero-order chi connectivity index (χ0) is 15.4. The third-order valence-electron chi connectivity index (χ3n) is 3.79. The van der Waals surface area contributed by atoms with E-state index in [0.29, 0.717) is 6.54 Å². The molecular formula is C16H24ClN3O2. The minimum absolute atomic E-state index is 0. The van der Waals surface area contributed by atoms with Crippen molar-refractivity contribution in [3.8, 4) is 0 Å². The van der Waals surface area contributed by atoms with Crippen LogP contribution < -0.4 is 16.4 Å². The Morgan fingerprint density at radius 1 is 1.23 bits per heavy atom. The van der Waals surface area contributed by atoms with E-state index in [1.165, 1.54) is 0 Å². The van der Waals surface area contributed by atoms with Crippen molar-refractivity contribution >= 4 is 29.9 Å². The third-order valence-corrected chi connectivity index (χ3v) is 3.79. The van der Waals surface area contributed by atoms with E-state index in [0.717, 1.165) is 24.1 Å². The quantitative estimate of drug-likeness (QED) is 0.750. The molecule has 1 saturated carbocycles. The molecule has 22 heavy (non-hydrogen) atoms. The van der Waals surface area contributed by atoms with Gasteiger partial charge in [0.15, 0.2) is 0 Å². The Hall–Kier alpha value is -1.59. The normalized spacial score (nSPS) is 16.1. The van der Waals surface area contributed by atoms with Gasteiger partial charge in [-0.2, -0.15) is 0 Å². The first-order chi connectivity index (χ1) is 10.0. The fourth-order valence-corrected chi connectivity index (χ4v) is 1.99. The van der Waals surface area contributed by atoms with Crippen LogP contribution in [0, 0.1) is 11.8 Å². The molecule has 6 heteroatoms. The van der Waals surface area contributed by atoms with Crippen LogP contribution in [-0.4, -0.2) is 18.4 Å². The molecule has 2 rings (SSSR count). The van der Waals surface area contributed by atoms with Crippen LogP contribution in [0.3, 0.4) is 0 Å². The van der Waals surface area contributed by atoms with Gasteiger partial charge in [-0.25, -0.2) is 0 Å². The van der Waals surface area contributed by atoms with Crippen molar-refractivity contribution in [1.82, 2.24) is 5.32 Å². The molecule has 0 aromatic heterocycles. The monoisotopic (exact) mass is 325 g/mol. The molecule has 2 unspecified atom stereocenters. The summed E-state index contributed by atoms with van der Waals surface area (Å²) in [5, 5.41) is 5.82. The van der Waals surface area contributed by atoms with Gasteiger partial charge >= 0.3 is 0 Å². The lowest BCUT2D eigenvalue weighted by molar-refractivity contribution is -0.124. The summed E-state index contributed by atoms with van der Waals surface area (Å²) in [7, 11) is 0. The summed E-state index contributed by atoms with van der Waals surface area (Å²) in [5.41, 5.74) is 7.28. The molecule has 2 atom stereocenters. The van der Waals surface area contributed by atoms with Crippen LogP contribution in [0.4, 0.5) is 5.69 Å². The van der Waals surface area contributed by atoms with Crippen molar-refractivity contribution in [1.29, 1.82) is 0 Å². The summed E-state index contributed by atoms with van der Waals surface area (Å²) in [5.74, 6) is 0.0576. The Labute approximate surface area is 137 Å². The molecule has 1 aliphatic carbocycles. The third kappa shape index (κ3) is 5.00. The summed E-state index contributed by atoms with van der Waals surface area (Å²) in [6, 6.07) is 7.48. The van der Waals surface area contributed by atoms with Gasteiger partial charge in [-0.3, -0.25) is 9.59 Å². The number of rotatable bonds is 6. The predicted molar refractivity (Wildman–Crippen MR) is 89.8 cm³/mol. The van der Waals surface area contributed by atoms with Crippen molar-refractivity contribution in [2.24, 2.45) is 17.6 Å². The van der Waals surface area contributed by atoms with Crippen molar-refractivity contribution < 1.29 is 9.59 Å². The number of carbonyl (C=O) groups is 2. The van der Waals surface area contributed by atoms with Crippen LogP contribution in [0.1, 0.15) is 38.3 Å². The lowest BCUT2D eigenvalue weighted by Crippen LogP contribution is -2.34. The van der Waals surface area contributed by atoms with Crippen LogP contribution >= 0.6 is 12.4 Å². The largest absolute Gasteiger partial charge is 0.349 e. The maximum atomic E-state index is 11.8. The number of hydrogen-bond acceptors (Lipinski definition) is 3. The highest BCUT2D eigenvalue weighted by atomic mass is 35.5. The topological polar surface area (TPSA) is 84.2 Å². The second-order valence-corrected chi connectivity index (χ2v) is 5.75. The lowest BCUT2D eigenvalue weighted by Gasteiger charge is -2.17. The zero-order valence-corrected chi connectivity index (χ0v) is 13.8. The molecule has 0 aliphatic heterocycles. The smallest absolute Gasteiger partial charge is 0.227 e. The number of benzene rings is 1. The Morgan fingerprint density at radius 3 is 2.32 bits per heavy atom. The first-order valence-corrected chi connectivity index (χ1v) is 7.42. The van der Waals surface area contributed by atoms with Crippen LogP contribution in [0.2, 0.25) is 0 Å². The van der Waals surface area contributed by atoms with Crippen molar-refractivity contribution in [2.75, 3.05) is 11.9 Å². The van der Waals surface area contributed by atoms with E-state index in [2.05, 4.69) is 10.6 Å². The SMILES string of the molecule is CC(CN)C(=O)NC(C)c1ccc(NC(=O)C2CC2)cc1.Cl. The standard InChI is InChI=1S/C16H23N3O2.ClH/c1-10(9-17)15(20)18-11(2)12-5-7-14(8-6-12)19-16(21)13-3-4-13;/h5-8,10-11,13H,3-4,9,17H2,1-2H3,(H,18,20)(H,19,21);1H. The van der Waals surface area contributed by atoms with Gasteiger partial charge in [-0.1, -0.05) is 19.1 Å². The molecule has 1 fully saturated rings. The summed E-state index contributed by atoms with van der Waals surface area (Å²) >= 11 is 0. The van der Waals surface area contributed by atoms with Crippen molar-refractivity contribution in [3.63, 3.8) is 0 Å². The van der Waals surface area contributed by atoms with E-state index < -0.39 is 0 Å². The summed E-state index contributed by atoms with van der Waals surface area (Å²) in [6.45, 7) is 4.07. The average Bonchev–Trinajstić information content (AvgIpc) is 3.31. The zero-order valence-electron chi connectivity index (χ0n) is 13.0. The van der Waals surface area contributed by atoms with Gasteiger partial charge in [-0.05, 0) is 37.5 Å². The molecule has 0 bridgehead atoms. The van der Waals surface area contributed by atoms with E-state index in [1.54, 1.807) is 6.92 Å². The van der Waals surface area contributed by atoms with E-state index in [1.807, 2.05) is 31.2 Å². The van der Waals surface area contributed by atoms with Gasteiger partial charge in [-0.15, -0.1) is 12.4 Å². The summed E-state index contributed by atoms with van der Waals surface area (Å²) in [6.07, 6.45) is 1.98. The van der Waals surface area contributed by atoms with Crippen LogP contribution in [0.5, 0.6) is 0 Å². The molecule has 0 saturated heterocycles. The molecule has 0 radical (unpaired) electrons. The van der Waals surface area contributed by atoms with E-state index in [-0.39, 0.29) is 42.1 Å². The first-order valence-electron chi connectivity index (χ1n) is 7.42. The van der Waals surface area contributed by atoms with Gasteiger partial charge in [0.2, 0.25) is 11.8 Å². The molecule has 1 aliphatic rings. The van der Waals surface area contributed by atoms with Gasteiger partial charge in [0.05, 0.1) is 6.04 Å². The number of anilines is 1. The van der Waals surface area contributed by atoms with E-state index in [9.17, 15) is 9.59 Å². The van der Waals surface area contributed by atoms with Gasteiger partial charge in [0.25, 0.3) is 0 Å². The maximum absolute atomic E-state index is 11.8. The van der Waals surface area contributed by atoms with Crippen LogP contribution in [0.15, 0.2) is 24.3 Å². The fraction of sp³-hybridized carbons (Fsp3) is 0.500. The van der Waals surface area contributed by atoms with E-state index in [4.69, 9.17) is 5.73 Å². The Bertz CT molecular complexity index is 515. The highest BCUT2D eigenvalue weighted by Crippen LogP contribution is 2.30. The first kappa shape index (κ1) is 18.5. The van der Waals surface area contributed by atoms with E-state index >= 15 is 0 Å². The molecule has 4 N–H and O–H groups in total. The van der Waals surface area contributed by atoms with Gasteiger partial charge in [0, 0.05) is 24.1 Å². The molecule has 0 spiro atoms. The van der Waals surface area contributed by atoms with Gasteiger partial charge in [0.1, 0.15) is 0 Å². The number of halogens is 1. The highest BCUT2D eigenvalue weighted by Gasteiger charge is 2.29. The molecule has 1 aromatic carbocycles. The average molecular weight is 326 g/mol. The molecule has 0 heterocycles. The molecule has 1 aromatic rings. The Kier molecular flexibility index (Phi) is 6.84. The second kappa shape index (κ2) is 8.15. The lowest BCUT2D eigenvalue weighted by atomic mass is 10.1. The minimum atomic E-state index is -0.190. The fourth-order valence-electron chi connectivity index (χ4n) is 1.99. The predicted octanol–water partition coefficient (Wildman–Crippen LogP) is 2.23. The minimum Gasteiger partial charge on any atom is -0.349 e. The maximum Gasteiger partial charge on any atom is 0.227 e. The Morgan fingerprint density at radius 2 is 1.82 bits per heavy atom. The number of hydrogen-bond donors (Lipinski definition) is 3. The van der Waals surface area contributed by atoms with Gasteiger partial charge < -0.3 is 16.4 Å². The number of nitrogens with one attached hydrogen (secondary N) is 2. The van der Waals surface area contributed by atoms with Crippen LogP contribution in [-0.2, 0) is 9.59 Å². The second-order valence-electron chi connectivity index (χ2n) is 5.75. The Balaban J connectivity index is 0.00000242. The molecule has 5 nitrogen and oxygen atoms in total. The van der Waals surface area contributed by atoms with Crippen molar-refractivity contribution in [3.05, 3.63) is 29.8 Å². The number of nitrogens with two attached hydrogens (primary N) is 1. The molecule has 2 amide bonds. The number of carbonyl (C=O) groups excluding carboxylic acids is 2. The molecule has 122 valence electrons. The highest BCUT2D eigenvalue weighted by molar-refractivity contribution is 5.94. The summed E-state index contributed by atoms with van der Waals surface area (Å²) < 4.78 is 0.